The van der Waals surface area contributed by atoms with Crippen molar-refractivity contribution < 1.29 is 28.5 Å². The molecular weight excluding hydrogens is 466 g/mol. The molecule has 0 saturated heterocycles. The average molecular weight is 496 g/mol. The highest BCUT2D eigenvalue weighted by Crippen LogP contribution is 2.41. The van der Waals surface area contributed by atoms with Crippen LogP contribution < -0.4 is 19.5 Å². The maximum Gasteiger partial charge on any atom is 0.341 e. The molecule has 8 heteroatoms. The Morgan fingerprint density at radius 1 is 0.971 bits per heavy atom. The third-order valence-electron chi connectivity index (χ3n) is 5.08. The van der Waals surface area contributed by atoms with Crippen molar-refractivity contribution in [2.24, 2.45) is 0 Å². The fourth-order valence-electron chi connectivity index (χ4n) is 3.55. The van der Waals surface area contributed by atoms with E-state index in [1.165, 1.54) is 24.5 Å². The molecule has 0 bridgehead atoms. The Bertz CT molecular complexity index is 1210. The van der Waals surface area contributed by atoms with E-state index in [4.69, 9.17) is 18.9 Å². The number of carbonyl (C=O) groups is 2. The Labute approximate surface area is 209 Å². The maximum atomic E-state index is 12.7. The molecule has 7 nitrogen and oxygen atoms in total. The number of benzene rings is 2. The van der Waals surface area contributed by atoms with E-state index in [1.54, 1.807) is 25.3 Å². The fraction of sp³-hybridized carbons (Fsp3) is 0.259. The normalized spacial score (nSPS) is 10.8. The van der Waals surface area contributed by atoms with E-state index in [-0.39, 0.29) is 5.91 Å². The maximum absolute atomic E-state index is 12.7. The van der Waals surface area contributed by atoms with Crippen molar-refractivity contribution in [1.82, 2.24) is 0 Å². The van der Waals surface area contributed by atoms with Gasteiger partial charge in [0.15, 0.2) is 11.5 Å². The number of aryl methyl sites for hydroxylation is 1. The summed E-state index contributed by atoms with van der Waals surface area (Å²) in [4.78, 5) is 26.3. The van der Waals surface area contributed by atoms with Crippen molar-refractivity contribution in [2.45, 2.75) is 20.8 Å². The van der Waals surface area contributed by atoms with Crippen molar-refractivity contribution in [1.29, 1.82) is 0 Å². The van der Waals surface area contributed by atoms with Crippen molar-refractivity contribution in [3.05, 3.63) is 64.5 Å². The summed E-state index contributed by atoms with van der Waals surface area (Å²) < 4.78 is 21.4. The van der Waals surface area contributed by atoms with Crippen molar-refractivity contribution in [3.63, 3.8) is 0 Å². The molecule has 1 amide bonds. The first-order valence-electron chi connectivity index (χ1n) is 11.2. The second-order valence-electron chi connectivity index (χ2n) is 7.35. The first kappa shape index (κ1) is 25.8. The zero-order valence-electron chi connectivity index (χ0n) is 20.5. The van der Waals surface area contributed by atoms with Gasteiger partial charge >= 0.3 is 5.97 Å². The quantitative estimate of drug-likeness (QED) is 0.276. The molecule has 184 valence electrons. The summed E-state index contributed by atoms with van der Waals surface area (Å²) >= 11 is 1.32. The van der Waals surface area contributed by atoms with Crippen LogP contribution in [0.15, 0.2) is 48.5 Å². The summed E-state index contributed by atoms with van der Waals surface area (Å²) in [5, 5.41) is 3.26. The zero-order chi connectivity index (χ0) is 25.4. The molecule has 1 aromatic heterocycles. The smallest absolute Gasteiger partial charge is 0.341 e. The molecule has 0 atom stereocenters. The van der Waals surface area contributed by atoms with Crippen LogP contribution in [0, 0.1) is 6.92 Å². The van der Waals surface area contributed by atoms with E-state index in [9.17, 15) is 9.59 Å². The number of methoxy groups -OCH3 is 2. The van der Waals surface area contributed by atoms with Crippen LogP contribution in [0.5, 0.6) is 17.2 Å². The molecule has 0 aliphatic carbocycles. The van der Waals surface area contributed by atoms with Gasteiger partial charge in [-0.2, -0.15) is 0 Å². The van der Waals surface area contributed by atoms with Gasteiger partial charge < -0.3 is 24.3 Å². The summed E-state index contributed by atoms with van der Waals surface area (Å²) in [6.45, 7) is 6.81. The van der Waals surface area contributed by atoms with Gasteiger partial charge in [0, 0.05) is 16.5 Å². The SMILES string of the molecule is CCOc1ccc(-c2c(C)sc(NC(=O)C=Cc3ccc(OCC)c(OC)c3)c2C(=O)OC)cc1. The average Bonchev–Trinajstić information content (AvgIpc) is 3.18. The van der Waals surface area contributed by atoms with E-state index >= 15 is 0 Å². The van der Waals surface area contributed by atoms with Crippen molar-refractivity contribution in [3.8, 4) is 28.4 Å². The van der Waals surface area contributed by atoms with E-state index in [1.807, 2.05) is 51.1 Å². The predicted octanol–water partition coefficient (Wildman–Crippen LogP) is 5.97. The number of hydrogen-bond acceptors (Lipinski definition) is 7. The summed E-state index contributed by atoms with van der Waals surface area (Å²) in [6.07, 6.45) is 3.07. The highest BCUT2D eigenvalue weighted by Gasteiger charge is 2.24. The van der Waals surface area contributed by atoms with Gasteiger partial charge in [-0.25, -0.2) is 4.79 Å². The molecule has 0 spiro atoms. The number of carbonyl (C=O) groups excluding carboxylic acids is 2. The lowest BCUT2D eigenvalue weighted by molar-refractivity contribution is -0.111. The molecule has 0 saturated carbocycles. The van der Waals surface area contributed by atoms with Crippen LogP contribution in [-0.2, 0) is 9.53 Å². The van der Waals surface area contributed by atoms with Gasteiger partial charge in [0.25, 0.3) is 0 Å². The highest BCUT2D eigenvalue weighted by atomic mass is 32.1. The minimum absolute atomic E-state index is 0.323. The van der Waals surface area contributed by atoms with Crippen LogP contribution >= 0.6 is 11.3 Å². The van der Waals surface area contributed by atoms with Crippen molar-refractivity contribution >= 4 is 34.3 Å². The molecule has 3 aromatic rings. The lowest BCUT2D eigenvalue weighted by Crippen LogP contribution is -2.11. The lowest BCUT2D eigenvalue weighted by atomic mass is 10.0. The van der Waals surface area contributed by atoms with Crippen LogP contribution in [0.3, 0.4) is 0 Å². The molecule has 0 unspecified atom stereocenters. The van der Waals surface area contributed by atoms with E-state index in [0.717, 1.165) is 27.3 Å². The number of hydrogen-bond donors (Lipinski definition) is 1. The number of ether oxygens (including phenoxy) is 4. The molecule has 2 aromatic carbocycles. The van der Waals surface area contributed by atoms with Gasteiger partial charge in [-0.15, -0.1) is 11.3 Å². The highest BCUT2D eigenvalue weighted by molar-refractivity contribution is 7.17. The zero-order valence-corrected chi connectivity index (χ0v) is 21.3. The standard InChI is InChI=1S/C27H29NO6S/c1-6-33-20-12-10-19(11-13-20)24-17(3)35-26(25(24)27(30)32-5)28-23(29)15-9-18-8-14-21(34-7-2)22(16-18)31-4/h8-16H,6-7H2,1-5H3,(H,28,29). The van der Waals surface area contributed by atoms with E-state index in [0.29, 0.717) is 35.3 Å². The minimum Gasteiger partial charge on any atom is -0.494 e. The van der Waals surface area contributed by atoms with Crippen LogP contribution in [0.25, 0.3) is 17.2 Å². The Hall–Kier alpha value is -3.78. The lowest BCUT2D eigenvalue weighted by Gasteiger charge is -2.09. The first-order chi connectivity index (χ1) is 16.9. The third kappa shape index (κ3) is 6.22. The molecule has 0 aliphatic heterocycles. The topological polar surface area (TPSA) is 83.1 Å². The number of thiophene rings is 1. The molecule has 0 radical (unpaired) electrons. The largest absolute Gasteiger partial charge is 0.494 e. The molecule has 3 rings (SSSR count). The van der Waals surface area contributed by atoms with Crippen molar-refractivity contribution in [2.75, 3.05) is 32.8 Å². The minimum atomic E-state index is -0.520. The van der Waals surface area contributed by atoms with Gasteiger partial charge in [0.05, 0.1) is 27.4 Å². The number of anilines is 1. The second kappa shape index (κ2) is 12.1. The summed E-state index contributed by atoms with van der Waals surface area (Å²) in [7, 11) is 2.88. The number of rotatable bonds is 10. The van der Waals surface area contributed by atoms with Gasteiger partial charge in [-0.3, -0.25) is 4.79 Å². The molecule has 35 heavy (non-hydrogen) atoms. The van der Waals surface area contributed by atoms with E-state index < -0.39 is 5.97 Å². The number of esters is 1. The molecule has 1 heterocycles. The Balaban J connectivity index is 1.86. The summed E-state index contributed by atoms with van der Waals surface area (Å²) in [6, 6.07) is 12.9. The molecule has 1 N–H and O–H groups in total. The summed E-state index contributed by atoms with van der Waals surface area (Å²) in [5.41, 5.74) is 2.65. The van der Waals surface area contributed by atoms with Crippen LogP contribution in [0.4, 0.5) is 5.00 Å². The molecular formula is C27H29NO6S. The predicted molar refractivity (Wildman–Crippen MR) is 139 cm³/mol. The Kier molecular flexibility index (Phi) is 8.92. The monoisotopic (exact) mass is 495 g/mol. The van der Waals surface area contributed by atoms with Gasteiger partial charge in [-0.05, 0) is 62.2 Å². The van der Waals surface area contributed by atoms with Gasteiger partial charge in [-0.1, -0.05) is 18.2 Å². The van der Waals surface area contributed by atoms with Crippen LogP contribution in [0.1, 0.15) is 34.6 Å². The molecule has 0 fully saturated rings. The second-order valence-corrected chi connectivity index (χ2v) is 8.58. The Morgan fingerprint density at radius 2 is 1.69 bits per heavy atom. The third-order valence-corrected chi connectivity index (χ3v) is 6.10. The fourth-order valence-corrected chi connectivity index (χ4v) is 4.62. The van der Waals surface area contributed by atoms with Crippen LogP contribution in [0.2, 0.25) is 0 Å². The van der Waals surface area contributed by atoms with Gasteiger partial charge in [0.2, 0.25) is 5.91 Å². The van der Waals surface area contributed by atoms with E-state index in [2.05, 4.69) is 5.32 Å². The van der Waals surface area contributed by atoms with Gasteiger partial charge in [0.1, 0.15) is 16.3 Å². The molecule has 0 aliphatic rings. The Morgan fingerprint density at radius 3 is 2.31 bits per heavy atom. The summed E-state index contributed by atoms with van der Waals surface area (Å²) in [5.74, 6) is 1.07. The van der Waals surface area contributed by atoms with Crippen LogP contribution in [-0.4, -0.2) is 39.3 Å². The number of nitrogens with one attached hydrogen (secondary N) is 1. The number of amides is 1. The first-order valence-corrected chi connectivity index (χ1v) is 12.0.